The van der Waals surface area contributed by atoms with Gasteiger partial charge in [0.05, 0.1) is 13.0 Å². The highest BCUT2D eigenvalue weighted by molar-refractivity contribution is 14.0. The van der Waals surface area contributed by atoms with Crippen LogP contribution in [0.4, 0.5) is 13.2 Å². The van der Waals surface area contributed by atoms with Crippen molar-refractivity contribution in [1.82, 2.24) is 14.8 Å². The van der Waals surface area contributed by atoms with Gasteiger partial charge in [0.2, 0.25) is 0 Å². The summed E-state index contributed by atoms with van der Waals surface area (Å²) < 4.78 is 39.2. The van der Waals surface area contributed by atoms with Gasteiger partial charge < -0.3 is 14.8 Å². The van der Waals surface area contributed by atoms with Gasteiger partial charge in [0.25, 0.3) is 0 Å². The molecule has 0 spiro atoms. The van der Waals surface area contributed by atoms with E-state index < -0.39 is 12.6 Å². The van der Waals surface area contributed by atoms with E-state index in [0.717, 1.165) is 10.2 Å². The molecule has 0 fully saturated rings. The smallest absolute Gasteiger partial charge is 0.356 e. The average molecular weight is 483 g/mol. The van der Waals surface area contributed by atoms with E-state index in [4.69, 9.17) is 0 Å². The van der Waals surface area contributed by atoms with Gasteiger partial charge in [0, 0.05) is 44.1 Å². The summed E-state index contributed by atoms with van der Waals surface area (Å²) in [6.45, 7) is 0.366. The van der Waals surface area contributed by atoms with Crippen molar-refractivity contribution in [3.05, 3.63) is 22.4 Å². The van der Waals surface area contributed by atoms with Crippen LogP contribution in [0.2, 0.25) is 0 Å². The van der Waals surface area contributed by atoms with Crippen molar-refractivity contribution in [3.8, 4) is 0 Å². The van der Waals surface area contributed by atoms with Crippen LogP contribution in [0.1, 0.15) is 12.1 Å². The van der Waals surface area contributed by atoms with Crippen molar-refractivity contribution in [2.75, 3.05) is 20.6 Å². The first-order valence-electron chi connectivity index (χ1n) is 6.02. The molecule has 0 amide bonds. The Morgan fingerprint density at radius 2 is 2.10 bits per heavy atom. The van der Waals surface area contributed by atoms with Crippen molar-refractivity contribution in [1.29, 1.82) is 0 Å². The highest BCUT2D eigenvalue weighted by Crippen LogP contribution is 2.18. The standard InChI is InChI=1S/C12H18BrF3N4.HI/c1-17-11(18-5-4-12(14,15)16)20(3)8-10-6-9(13)7-19(10)2;/h6-7H,4-5,8H2,1-3H3,(H,17,18);1H. The largest absolute Gasteiger partial charge is 0.390 e. The highest BCUT2D eigenvalue weighted by atomic mass is 127. The summed E-state index contributed by atoms with van der Waals surface area (Å²) in [7, 11) is 5.24. The first-order valence-corrected chi connectivity index (χ1v) is 6.81. The molecule has 0 aliphatic rings. The molecular weight excluding hydrogens is 464 g/mol. The quantitative estimate of drug-likeness (QED) is 0.405. The van der Waals surface area contributed by atoms with Crippen LogP contribution in [0.15, 0.2) is 21.7 Å². The Balaban J connectivity index is 0.00000400. The summed E-state index contributed by atoms with van der Waals surface area (Å²) in [6, 6.07) is 1.96. The molecular formula is C12H19BrF3IN4. The Morgan fingerprint density at radius 3 is 2.52 bits per heavy atom. The molecule has 1 heterocycles. The number of hydrogen-bond donors (Lipinski definition) is 1. The molecule has 0 bridgehead atoms. The molecule has 0 saturated carbocycles. The van der Waals surface area contributed by atoms with Crippen molar-refractivity contribution < 1.29 is 13.2 Å². The topological polar surface area (TPSA) is 32.6 Å². The second kappa shape index (κ2) is 8.86. The number of aryl methyl sites for hydroxylation is 1. The molecule has 1 rings (SSSR count). The third kappa shape index (κ3) is 7.39. The highest BCUT2D eigenvalue weighted by Gasteiger charge is 2.26. The van der Waals surface area contributed by atoms with Gasteiger partial charge in [-0.05, 0) is 22.0 Å². The second-order valence-electron chi connectivity index (χ2n) is 4.46. The molecule has 1 aromatic heterocycles. The summed E-state index contributed by atoms with van der Waals surface area (Å²) in [5.41, 5.74) is 1.03. The fourth-order valence-corrected chi connectivity index (χ4v) is 2.31. The van der Waals surface area contributed by atoms with Gasteiger partial charge in [-0.2, -0.15) is 13.2 Å². The number of nitrogens with one attached hydrogen (secondary N) is 1. The number of alkyl halides is 3. The van der Waals surface area contributed by atoms with E-state index in [1.807, 2.05) is 23.9 Å². The van der Waals surface area contributed by atoms with Gasteiger partial charge in [0.15, 0.2) is 5.96 Å². The van der Waals surface area contributed by atoms with Gasteiger partial charge in [-0.3, -0.25) is 4.99 Å². The second-order valence-corrected chi connectivity index (χ2v) is 5.37. The Kier molecular flexibility index (Phi) is 8.67. The van der Waals surface area contributed by atoms with Gasteiger partial charge in [0.1, 0.15) is 0 Å². The first-order chi connectivity index (χ1) is 9.23. The number of aliphatic imine (C=N–C) groups is 1. The van der Waals surface area contributed by atoms with Crippen LogP contribution in [0.5, 0.6) is 0 Å². The molecule has 0 aromatic carbocycles. The van der Waals surface area contributed by atoms with Crippen molar-refractivity contribution >= 4 is 45.9 Å². The molecule has 0 aliphatic heterocycles. The number of aromatic nitrogens is 1. The van der Waals surface area contributed by atoms with Crippen molar-refractivity contribution in [2.45, 2.75) is 19.1 Å². The molecule has 1 N–H and O–H groups in total. The summed E-state index contributed by atoms with van der Waals surface area (Å²) in [5, 5.41) is 2.71. The summed E-state index contributed by atoms with van der Waals surface area (Å²) in [5.74, 6) is 0.437. The van der Waals surface area contributed by atoms with E-state index in [2.05, 4.69) is 26.2 Å². The molecule has 0 atom stereocenters. The number of guanidine groups is 1. The van der Waals surface area contributed by atoms with Crippen molar-refractivity contribution in [2.24, 2.45) is 12.0 Å². The maximum atomic E-state index is 12.1. The van der Waals surface area contributed by atoms with Gasteiger partial charge in [-0.25, -0.2) is 0 Å². The lowest BCUT2D eigenvalue weighted by molar-refractivity contribution is -0.132. The number of rotatable bonds is 4. The molecule has 21 heavy (non-hydrogen) atoms. The number of halogens is 5. The van der Waals surface area contributed by atoms with Gasteiger partial charge >= 0.3 is 6.18 Å². The Labute approximate surface area is 147 Å². The van der Waals surface area contributed by atoms with Crippen LogP contribution in [0, 0.1) is 0 Å². The predicted octanol–water partition coefficient (Wildman–Crippen LogP) is 3.37. The fraction of sp³-hybridized carbons (Fsp3) is 0.583. The van der Waals surface area contributed by atoms with E-state index in [1.165, 1.54) is 0 Å². The summed E-state index contributed by atoms with van der Waals surface area (Å²) in [6.07, 6.45) is -3.12. The molecule has 4 nitrogen and oxygen atoms in total. The first kappa shape index (κ1) is 20.6. The van der Waals surface area contributed by atoms with E-state index in [9.17, 15) is 13.2 Å². The minimum Gasteiger partial charge on any atom is -0.356 e. The maximum Gasteiger partial charge on any atom is 0.390 e. The molecule has 0 radical (unpaired) electrons. The van der Waals surface area contributed by atoms with E-state index in [1.54, 1.807) is 19.0 Å². The van der Waals surface area contributed by atoms with Crippen LogP contribution in [-0.4, -0.2) is 42.2 Å². The van der Waals surface area contributed by atoms with Gasteiger partial charge in [-0.1, -0.05) is 0 Å². The zero-order chi connectivity index (χ0) is 15.3. The maximum absolute atomic E-state index is 12.1. The van der Waals surface area contributed by atoms with Gasteiger partial charge in [-0.15, -0.1) is 24.0 Å². The molecule has 0 aliphatic carbocycles. The number of hydrogen-bond acceptors (Lipinski definition) is 1. The molecule has 1 aromatic rings. The predicted molar refractivity (Wildman–Crippen MR) is 92.0 cm³/mol. The van der Waals surface area contributed by atoms with E-state index in [0.29, 0.717) is 12.5 Å². The lowest BCUT2D eigenvalue weighted by atomic mass is 10.4. The summed E-state index contributed by atoms with van der Waals surface area (Å²) in [4.78, 5) is 5.76. The lowest BCUT2D eigenvalue weighted by Gasteiger charge is -2.22. The van der Waals surface area contributed by atoms with E-state index in [-0.39, 0.29) is 30.5 Å². The third-order valence-corrected chi connectivity index (χ3v) is 3.17. The van der Waals surface area contributed by atoms with Crippen LogP contribution < -0.4 is 5.32 Å². The average Bonchev–Trinajstić information content (AvgIpc) is 2.62. The molecule has 0 saturated heterocycles. The van der Waals surface area contributed by atoms with Crippen molar-refractivity contribution in [3.63, 3.8) is 0 Å². The Bertz CT molecular complexity index is 474. The Hall–Kier alpha value is -0.450. The third-order valence-electron chi connectivity index (χ3n) is 2.74. The van der Waals surface area contributed by atoms with Crippen LogP contribution in [-0.2, 0) is 13.6 Å². The molecule has 9 heteroatoms. The minimum absolute atomic E-state index is 0. The van der Waals surface area contributed by atoms with Crippen LogP contribution in [0.25, 0.3) is 0 Å². The van der Waals surface area contributed by atoms with E-state index >= 15 is 0 Å². The minimum atomic E-state index is -4.16. The fourth-order valence-electron chi connectivity index (χ4n) is 1.74. The lowest BCUT2D eigenvalue weighted by Crippen LogP contribution is -2.40. The molecule has 122 valence electrons. The zero-order valence-electron chi connectivity index (χ0n) is 12.0. The zero-order valence-corrected chi connectivity index (χ0v) is 16.0. The normalized spacial score (nSPS) is 12.0. The summed E-state index contributed by atoms with van der Waals surface area (Å²) >= 11 is 3.38. The SMILES string of the molecule is CN=C(NCCC(F)(F)F)N(C)Cc1cc(Br)cn1C.I. The molecule has 0 unspecified atom stereocenters. The van der Waals surface area contributed by atoms with Crippen LogP contribution in [0.3, 0.4) is 0 Å². The van der Waals surface area contributed by atoms with Crippen LogP contribution >= 0.6 is 39.9 Å². The monoisotopic (exact) mass is 482 g/mol. The number of nitrogens with zero attached hydrogens (tertiary/aromatic N) is 3. The Morgan fingerprint density at radius 1 is 1.48 bits per heavy atom.